The number of hydrogen-bond acceptors (Lipinski definition) is 6. The van der Waals surface area contributed by atoms with Crippen LogP contribution < -0.4 is 16.3 Å². The van der Waals surface area contributed by atoms with Crippen molar-refractivity contribution >= 4 is 23.4 Å². The van der Waals surface area contributed by atoms with E-state index in [9.17, 15) is 50.9 Å². The van der Waals surface area contributed by atoms with Crippen LogP contribution in [0.15, 0.2) is 53.3 Å². The van der Waals surface area contributed by atoms with Gasteiger partial charge in [0.1, 0.15) is 12.6 Å². The second kappa shape index (κ2) is 12.8. The Hall–Kier alpha value is -3.89. The first-order valence-electron chi connectivity index (χ1n) is 12.4. The van der Waals surface area contributed by atoms with Gasteiger partial charge in [-0.15, -0.1) is 5.10 Å². The molecule has 0 radical (unpaired) electrons. The number of aliphatic hydroxyl groups excluding tert-OH is 2. The molecule has 3 rings (SSSR count). The van der Waals surface area contributed by atoms with E-state index in [2.05, 4.69) is 15.7 Å². The maximum absolute atomic E-state index is 13.4. The normalized spacial score (nSPS) is 13.8. The summed E-state index contributed by atoms with van der Waals surface area (Å²) in [5, 5.41) is 27.9. The van der Waals surface area contributed by atoms with Crippen molar-refractivity contribution in [2.75, 3.05) is 6.61 Å². The van der Waals surface area contributed by atoms with Crippen LogP contribution in [0.3, 0.4) is 0 Å². The van der Waals surface area contributed by atoms with Gasteiger partial charge in [-0.3, -0.25) is 14.2 Å². The minimum absolute atomic E-state index is 0.113. The Balaban J connectivity index is 1.99. The first-order chi connectivity index (χ1) is 19.8. The zero-order valence-corrected chi connectivity index (χ0v) is 23.3. The van der Waals surface area contributed by atoms with Crippen LogP contribution in [0.5, 0.6) is 0 Å². The maximum Gasteiger partial charge on any atom is 0.416 e. The van der Waals surface area contributed by atoms with E-state index >= 15 is 0 Å². The smallest absolute Gasteiger partial charge is 0.394 e. The van der Waals surface area contributed by atoms with Crippen molar-refractivity contribution < 1.29 is 46.1 Å². The third-order valence-corrected chi connectivity index (χ3v) is 6.28. The average Bonchev–Trinajstić information content (AvgIpc) is 3.20. The molecule has 2 amide bonds. The second-order valence-electron chi connectivity index (χ2n) is 10.1. The molecule has 0 aliphatic rings. The third kappa shape index (κ3) is 8.58. The highest BCUT2D eigenvalue weighted by Gasteiger charge is 2.39. The highest BCUT2D eigenvalue weighted by atomic mass is 35.5. The lowest BCUT2D eigenvalue weighted by Crippen LogP contribution is -2.51. The quantitative estimate of drug-likeness (QED) is 0.252. The Morgan fingerprint density at radius 3 is 2.23 bits per heavy atom. The zero-order valence-electron chi connectivity index (χ0n) is 22.5. The van der Waals surface area contributed by atoms with E-state index in [0.29, 0.717) is 15.3 Å². The van der Waals surface area contributed by atoms with E-state index in [1.807, 2.05) is 0 Å². The Kier molecular flexibility index (Phi) is 9.98. The van der Waals surface area contributed by atoms with Gasteiger partial charge in [0, 0.05) is 10.6 Å². The van der Waals surface area contributed by atoms with E-state index in [0.717, 1.165) is 18.2 Å². The van der Waals surface area contributed by atoms with Gasteiger partial charge >= 0.3 is 18.0 Å². The molecule has 0 aliphatic carbocycles. The number of aliphatic hydroxyl groups is 2. The Labute approximate surface area is 244 Å². The third-order valence-electron chi connectivity index (χ3n) is 6.02. The topological polar surface area (TPSA) is 138 Å². The molecule has 2 aromatic carbocycles. The number of hydrogen-bond donors (Lipinski definition) is 4. The minimum atomic E-state index is -5.09. The highest BCUT2D eigenvalue weighted by molar-refractivity contribution is 6.30. The van der Waals surface area contributed by atoms with Crippen molar-refractivity contribution in [2.24, 2.45) is 0 Å². The van der Waals surface area contributed by atoms with Gasteiger partial charge in [0.25, 0.3) is 0 Å². The van der Waals surface area contributed by atoms with Gasteiger partial charge in [0.15, 0.2) is 11.9 Å². The van der Waals surface area contributed by atoms with Crippen LogP contribution in [-0.2, 0) is 28.9 Å². The van der Waals surface area contributed by atoms with E-state index in [1.54, 1.807) is 0 Å². The van der Waals surface area contributed by atoms with E-state index in [4.69, 9.17) is 11.6 Å². The van der Waals surface area contributed by atoms with Crippen molar-refractivity contribution in [2.45, 2.75) is 57.0 Å². The molecule has 1 heterocycles. The lowest BCUT2D eigenvalue weighted by Gasteiger charge is -2.27. The number of halogens is 7. The van der Waals surface area contributed by atoms with Gasteiger partial charge in [-0.05, 0) is 55.8 Å². The van der Waals surface area contributed by atoms with Crippen molar-refractivity contribution in [1.29, 1.82) is 0 Å². The van der Waals surface area contributed by atoms with Crippen LogP contribution in [0.4, 0.5) is 26.3 Å². The average molecular weight is 638 g/mol. The van der Waals surface area contributed by atoms with Crippen LogP contribution in [0.1, 0.15) is 31.0 Å². The van der Waals surface area contributed by atoms with Crippen molar-refractivity contribution in [3.05, 3.63) is 75.2 Å². The number of amides is 2. The number of carbonyl (C=O) groups excluding carboxylic acids is 2. The first-order valence-corrected chi connectivity index (χ1v) is 12.8. The highest BCUT2D eigenvalue weighted by Crippen LogP contribution is 2.31. The molecule has 10 nitrogen and oxygen atoms in total. The summed E-state index contributed by atoms with van der Waals surface area (Å²) in [6.07, 6.45) is -12.8. The molecule has 0 spiro atoms. The molecule has 0 bridgehead atoms. The van der Waals surface area contributed by atoms with E-state index < -0.39 is 72.8 Å². The summed E-state index contributed by atoms with van der Waals surface area (Å²) >= 11 is 5.85. The van der Waals surface area contributed by atoms with Gasteiger partial charge in [-0.25, -0.2) is 9.48 Å². The van der Waals surface area contributed by atoms with Crippen molar-refractivity contribution in [3.63, 3.8) is 0 Å². The predicted octanol–water partition coefficient (Wildman–Crippen LogP) is 3.05. The fourth-order valence-corrected chi connectivity index (χ4v) is 3.91. The lowest BCUT2D eigenvalue weighted by atomic mass is 10.0. The molecular weight excluding hydrogens is 612 g/mol. The molecule has 3 aromatic rings. The number of alkyl halides is 6. The predicted molar refractivity (Wildman–Crippen MR) is 141 cm³/mol. The van der Waals surface area contributed by atoms with Crippen LogP contribution >= 0.6 is 11.6 Å². The zero-order chi connectivity index (χ0) is 32.3. The standard InChI is InChI=1S/C26H26ClF6N5O5/c1-24(2,13-39)35-22(42)20(15-4-3-5-16(10-15)25(28,29)30)34-19(41)12-38-23(43)37(11-18(40)26(31,32)33)21(36-38)14-6-8-17(27)9-7-14/h3-10,18,20,39-40H,11-13H2,1-2H3,(H,34,41)(H,35,42). The number of aromatic nitrogens is 3. The molecule has 0 saturated carbocycles. The second-order valence-corrected chi connectivity index (χ2v) is 10.5. The summed E-state index contributed by atoms with van der Waals surface area (Å²) < 4.78 is 80.3. The fourth-order valence-electron chi connectivity index (χ4n) is 3.78. The molecule has 17 heteroatoms. The SMILES string of the molecule is CC(C)(CO)NC(=O)C(NC(=O)Cn1nc(-c2ccc(Cl)cc2)n(CC(O)C(F)(F)F)c1=O)c1cccc(C(F)(F)F)c1. The van der Waals surface area contributed by atoms with Crippen LogP contribution in [-0.4, -0.2) is 60.8 Å². The number of nitrogens with one attached hydrogen (secondary N) is 2. The number of benzene rings is 2. The summed E-state index contributed by atoms with van der Waals surface area (Å²) in [4.78, 5) is 39.1. The Morgan fingerprint density at radius 1 is 1.05 bits per heavy atom. The van der Waals surface area contributed by atoms with Gasteiger partial charge in [-0.1, -0.05) is 23.7 Å². The largest absolute Gasteiger partial charge is 0.416 e. The van der Waals surface area contributed by atoms with Crippen LogP contribution in [0.25, 0.3) is 11.4 Å². The first kappa shape index (κ1) is 33.6. The van der Waals surface area contributed by atoms with Gasteiger partial charge < -0.3 is 20.8 Å². The molecule has 43 heavy (non-hydrogen) atoms. The Bertz CT molecular complexity index is 1520. The molecule has 0 saturated heterocycles. The number of nitrogens with zero attached hydrogens (tertiary/aromatic N) is 3. The van der Waals surface area contributed by atoms with Gasteiger partial charge in [0.2, 0.25) is 11.8 Å². The van der Waals surface area contributed by atoms with Gasteiger partial charge in [-0.2, -0.15) is 26.3 Å². The summed E-state index contributed by atoms with van der Waals surface area (Å²) in [7, 11) is 0. The number of rotatable bonds is 10. The molecular formula is C26H26ClF6N5O5. The van der Waals surface area contributed by atoms with Gasteiger partial charge in [0.05, 0.1) is 24.3 Å². The maximum atomic E-state index is 13.4. The summed E-state index contributed by atoms with van der Waals surface area (Å²) in [5.74, 6) is -2.47. The molecule has 0 fully saturated rings. The minimum Gasteiger partial charge on any atom is -0.394 e. The van der Waals surface area contributed by atoms with Crippen LogP contribution in [0.2, 0.25) is 5.02 Å². The van der Waals surface area contributed by atoms with E-state index in [1.165, 1.54) is 38.1 Å². The fraction of sp³-hybridized carbons (Fsp3) is 0.385. The number of carbonyl (C=O) groups is 2. The summed E-state index contributed by atoms with van der Waals surface area (Å²) in [5.41, 5.74) is -3.77. The Morgan fingerprint density at radius 2 is 1.67 bits per heavy atom. The summed E-state index contributed by atoms with van der Waals surface area (Å²) in [6.45, 7) is 0.0196. The van der Waals surface area contributed by atoms with Crippen LogP contribution in [0, 0.1) is 0 Å². The molecule has 234 valence electrons. The molecule has 2 unspecified atom stereocenters. The molecule has 1 aromatic heterocycles. The molecule has 2 atom stereocenters. The van der Waals surface area contributed by atoms with E-state index in [-0.39, 0.29) is 22.0 Å². The lowest BCUT2D eigenvalue weighted by molar-refractivity contribution is -0.207. The van der Waals surface area contributed by atoms with Crippen molar-refractivity contribution in [3.8, 4) is 11.4 Å². The summed E-state index contributed by atoms with van der Waals surface area (Å²) in [6, 6.07) is 7.19. The van der Waals surface area contributed by atoms with Crippen molar-refractivity contribution in [1.82, 2.24) is 25.0 Å². The molecule has 4 N–H and O–H groups in total. The monoisotopic (exact) mass is 637 g/mol. The molecule has 0 aliphatic heterocycles.